The smallest absolute Gasteiger partial charge is 0.271 e. The van der Waals surface area contributed by atoms with Crippen molar-refractivity contribution >= 4 is 15.7 Å². The number of sulfonamides is 1. The third-order valence-electron chi connectivity index (χ3n) is 4.07. The molecule has 23 heavy (non-hydrogen) atoms. The van der Waals surface area contributed by atoms with Gasteiger partial charge in [-0.05, 0) is 23.6 Å². The van der Waals surface area contributed by atoms with E-state index in [2.05, 4.69) is 18.9 Å². The number of hydrogen-bond donors (Lipinski definition) is 0. The van der Waals surface area contributed by atoms with Gasteiger partial charge in [-0.15, -0.1) is 0 Å². The highest BCUT2D eigenvalue weighted by Crippen LogP contribution is 2.31. The van der Waals surface area contributed by atoms with Gasteiger partial charge >= 0.3 is 0 Å². The number of nitrogens with zero attached hydrogens (tertiary/aromatic N) is 3. The van der Waals surface area contributed by atoms with Crippen LogP contribution in [0.25, 0.3) is 0 Å². The average Bonchev–Trinajstić information content (AvgIpc) is 2.99. The summed E-state index contributed by atoms with van der Waals surface area (Å²) in [5, 5.41) is 4.12. The zero-order valence-corrected chi connectivity index (χ0v) is 14.4. The maximum atomic E-state index is 12.9. The Labute approximate surface area is 136 Å². The van der Waals surface area contributed by atoms with Crippen molar-refractivity contribution in [3.63, 3.8) is 0 Å². The van der Waals surface area contributed by atoms with Crippen LogP contribution < -0.4 is 9.04 Å². The summed E-state index contributed by atoms with van der Waals surface area (Å²) in [7, 11) is -2.15. The first-order valence-corrected chi connectivity index (χ1v) is 9.13. The van der Waals surface area contributed by atoms with Gasteiger partial charge in [-0.25, -0.2) is 13.1 Å². The summed E-state index contributed by atoms with van der Waals surface area (Å²) >= 11 is 0. The molecule has 2 heterocycles. The molecule has 0 fully saturated rings. The lowest BCUT2D eigenvalue weighted by Gasteiger charge is -2.21. The largest absolute Gasteiger partial charge is 0.477 e. The van der Waals surface area contributed by atoms with Gasteiger partial charge in [0.15, 0.2) is 4.90 Å². The minimum absolute atomic E-state index is 0.118. The number of anilines is 1. The lowest BCUT2D eigenvalue weighted by molar-refractivity contribution is 0.224. The fourth-order valence-electron chi connectivity index (χ4n) is 2.58. The Hall–Kier alpha value is -2.02. The average molecular weight is 335 g/mol. The van der Waals surface area contributed by atoms with Crippen LogP contribution in [0.5, 0.6) is 5.88 Å². The van der Waals surface area contributed by atoms with Crippen molar-refractivity contribution in [2.45, 2.75) is 37.6 Å². The minimum atomic E-state index is -3.70. The van der Waals surface area contributed by atoms with Crippen molar-refractivity contribution < 1.29 is 13.2 Å². The summed E-state index contributed by atoms with van der Waals surface area (Å²) in [6.45, 7) is 5.40. The summed E-state index contributed by atoms with van der Waals surface area (Å²) < 4.78 is 34.1. The van der Waals surface area contributed by atoms with Crippen LogP contribution >= 0.6 is 0 Å². The van der Waals surface area contributed by atoms with Crippen molar-refractivity contribution in [3.05, 3.63) is 36.0 Å². The number of fused-ring (bicyclic) bond motifs is 1. The van der Waals surface area contributed by atoms with E-state index in [0.717, 1.165) is 6.42 Å². The van der Waals surface area contributed by atoms with E-state index >= 15 is 0 Å². The first-order chi connectivity index (χ1) is 10.9. The predicted molar refractivity (Wildman–Crippen MR) is 88.5 cm³/mol. The van der Waals surface area contributed by atoms with Crippen LogP contribution in [0.1, 0.15) is 31.7 Å². The quantitative estimate of drug-likeness (QED) is 0.861. The molecule has 1 aliphatic rings. The Morgan fingerprint density at radius 3 is 2.61 bits per heavy atom. The monoisotopic (exact) mass is 335 g/mol. The molecule has 0 amide bonds. The van der Waals surface area contributed by atoms with Gasteiger partial charge in [0.25, 0.3) is 10.0 Å². The fraction of sp³-hybridized carbons (Fsp3) is 0.438. The van der Waals surface area contributed by atoms with Gasteiger partial charge in [-0.2, -0.15) is 5.10 Å². The second-order valence-corrected chi connectivity index (χ2v) is 7.90. The Balaban J connectivity index is 1.94. The van der Waals surface area contributed by atoms with Crippen molar-refractivity contribution in [2.75, 3.05) is 18.0 Å². The molecule has 124 valence electrons. The molecule has 2 aromatic rings. The zero-order valence-electron chi connectivity index (χ0n) is 13.6. The molecule has 0 saturated heterocycles. The molecule has 1 aliphatic heterocycles. The molecule has 6 nitrogen and oxygen atoms in total. The van der Waals surface area contributed by atoms with Crippen LogP contribution in [-0.2, 0) is 16.6 Å². The molecule has 1 aromatic heterocycles. The Bertz CT molecular complexity index is 794. The topological polar surface area (TPSA) is 64.4 Å². The third kappa shape index (κ3) is 2.81. The molecular weight excluding hydrogens is 314 g/mol. The van der Waals surface area contributed by atoms with E-state index in [0.29, 0.717) is 30.6 Å². The lowest BCUT2D eigenvalue weighted by Crippen LogP contribution is -2.27. The van der Waals surface area contributed by atoms with Gasteiger partial charge in [-0.3, -0.25) is 4.31 Å². The van der Waals surface area contributed by atoms with Crippen LogP contribution in [0.2, 0.25) is 0 Å². The Morgan fingerprint density at radius 2 is 1.96 bits per heavy atom. The normalized spacial score (nSPS) is 14.4. The molecule has 1 aromatic carbocycles. The van der Waals surface area contributed by atoms with Crippen LogP contribution in [0.3, 0.4) is 0 Å². The molecule has 0 unspecified atom stereocenters. The minimum Gasteiger partial charge on any atom is -0.477 e. The second kappa shape index (κ2) is 5.88. The molecular formula is C16H21N3O3S. The van der Waals surface area contributed by atoms with Gasteiger partial charge in [0, 0.05) is 20.0 Å². The van der Waals surface area contributed by atoms with Crippen LogP contribution in [-0.4, -0.2) is 31.9 Å². The van der Waals surface area contributed by atoms with Gasteiger partial charge in [0.05, 0.1) is 18.5 Å². The Morgan fingerprint density at radius 1 is 1.26 bits per heavy atom. The molecule has 0 N–H and O–H groups in total. The van der Waals surface area contributed by atoms with Crippen molar-refractivity contribution in [1.29, 1.82) is 0 Å². The molecule has 0 spiro atoms. The third-order valence-corrected chi connectivity index (χ3v) is 5.84. The summed E-state index contributed by atoms with van der Waals surface area (Å²) in [6.07, 6.45) is 2.20. The molecule has 7 heteroatoms. The number of aryl methyl sites for hydroxylation is 1. The van der Waals surface area contributed by atoms with E-state index in [4.69, 9.17) is 4.74 Å². The molecule has 3 rings (SSSR count). The zero-order chi connectivity index (χ0) is 16.6. The van der Waals surface area contributed by atoms with E-state index in [1.54, 1.807) is 11.7 Å². The number of ether oxygens (including phenoxy) is 1. The van der Waals surface area contributed by atoms with Gasteiger partial charge in [0.1, 0.15) is 0 Å². The number of aromatic nitrogens is 2. The summed E-state index contributed by atoms with van der Waals surface area (Å²) in [5.41, 5.74) is 1.79. The first-order valence-electron chi connectivity index (χ1n) is 7.69. The van der Waals surface area contributed by atoms with Crippen LogP contribution in [0, 0.1) is 0 Å². The van der Waals surface area contributed by atoms with E-state index in [9.17, 15) is 8.42 Å². The summed E-state index contributed by atoms with van der Waals surface area (Å²) in [5.74, 6) is 0.740. The fourth-order valence-corrected chi connectivity index (χ4v) is 3.84. The number of benzene rings is 1. The van der Waals surface area contributed by atoms with Crippen LogP contribution in [0.4, 0.5) is 5.69 Å². The van der Waals surface area contributed by atoms with E-state index in [1.807, 2.05) is 24.3 Å². The molecule has 0 saturated carbocycles. The maximum Gasteiger partial charge on any atom is 0.271 e. The number of hydrogen-bond acceptors (Lipinski definition) is 4. The second-order valence-electron chi connectivity index (χ2n) is 5.96. The summed E-state index contributed by atoms with van der Waals surface area (Å²) in [6, 6.07) is 7.55. The summed E-state index contributed by atoms with van der Waals surface area (Å²) in [4.78, 5) is 0.118. The molecule has 0 radical (unpaired) electrons. The Kier molecular flexibility index (Phi) is 4.06. The van der Waals surface area contributed by atoms with Gasteiger partial charge < -0.3 is 4.74 Å². The SMILES string of the molecule is CC(C)c1ccc(N(C)S(=O)(=O)c2cnn3c2OCCC3)cc1. The van der Waals surface area contributed by atoms with Crippen molar-refractivity contribution in [1.82, 2.24) is 9.78 Å². The van der Waals surface area contributed by atoms with Crippen molar-refractivity contribution in [2.24, 2.45) is 0 Å². The van der Waals surface area contributed by atoms with E-state index in [-0.39, 0.29) is 4.90 Å². The predicted octanol–water partition coefficient (Wildman–Crippen LogP) is 2.61. The highest BCUT2D eigenvalue weighted by atomic mass is 32.2. The lowest BCUT2D eigenvalue weighted by atomic mass is 10.0. The van der Waals surface area contributed by atoms with Crippen LogP contribution in [0.15, 0.2) is 35.4 Å². The molecule has 0 bridgehead atoms. The van der Waals surface area contributed by atoms with Gasteiger partial charge in [-0.1, -0.05) is 26.0 Å². The van der Waals surface area contributed by atoms with E-state index < -0.39 is 10.0 Å². The molecule has 0 atom stereocenters. The maximum absolute atomic E-state index is 12.9. The first kappa shape index (κ1) is 15.9. The van der Waals surface area contributed by atoms with Crippen molar-refractivity contribution in [3.8, 4) is 5.88 Å². The highest BCUT2D eigenvalue weighted by Gasteiger charge is 2.30. The molecule has 0 aliphatic carbocycles. The van der Waals surface area contributed by atoms with E-state index in [1.165, 1.54) is 16.1 Å². The standard InChI is InChI=1S/C16H21N3O3S/c1-12(2)13-5-7-14(8-6-13)18(3)23(20,21)15-11-17-19-9-4-10-22-16(15)19/h5-8,11-12H,4,9-10H2,1-3H3. The van der Waals surface area contributed by atoms with Gasteiger partial charge in [0.2, 0.25) is 5.88 Å². The number of rotatable bonds is 4. The highest BCUT2D eigenvalue weighted by molar-refractivity contribution is 7.92.